The summed E-state index contributed by atoms with van der Waals surface area (Å²) in [5.74, 6) is -0.508. The zero-order valence-electron chi connectivity index (χ0n) is 19.9. The van der Waals surface area contributed by atoms with Crippen LogP contribution in [0.1, 0.15) is 45.8 Å². The third kappa shape index (κ3) is 3.33. The van der Waals surface area contributed by atoms with Gasteiger partial charge in [0, 0.05) is 5.69 Å². The van der Waals surface area contributed by atoms with Gasteiger partial charge in [-0.1, -0.05) is 54.6 Å². The Labute approximate surface area is 205 Å². The van der Waals surface area contributed by atoms with Crippen molar-refractivity contribution in [3.05, 3.63) is 95.1 Å². The minimum Gasteiger partial charge on any atom is -0.322 e. The van der Waals surface area contributed by atoms with Crippen LogP contribution in [0.4, 0.5) is 11.4 Å². The summed E-state index contributed by atoms with van der Waals surface area (Å²) < 4.78 is 0. The molecule has 1 heterocycles. The van der Waals surface area contributed by atoms with Crippen LogP contribution in [0.3, 0.4) is 0 Å². The Kier molecular flexibility index (Phi) is 5.10. The SMILES string of the molecule is Cc1cccc(NC(=O)c2ccccc2N2C(=O)[C@@H]3[C@@H]4C[C@@H]([C@@H]3C2=O)[C@@H](c2ccccc2)C4)c1C. The molecule has 1 N–H and O–H groups in total. The van der Waals surface area contributed by atoms with E-state index in [-0.39, 0.29) is 41.4 Å². The van der Waals surface area contributed by atoms with Crippen LogP contribution in [0, 0.1) is 37.5 Å². The van der Waals surface area contributed by atoms with Gasteiger partial charge in [0.15, 0.2) is 0 Å². The Hall–Kier alpha value is -3.73. The van der Waals surface area contributed by atoms with Crippen LogP contribution < -0.4 is 10.2 Å². The van der Waals surface area contributed by atoms with E-state index in [1.165, 1.54) is 10.5 Å². The third-order valence-corrected chi connectivity index (χ3v) is 8.49. The highest BCUT2D eigenvalue weighted by Gasteiger charge is 2.64. The fourth-order valence-corrected chi connectivity index (χ4v) is 6.72. The smallest absolute Gasteiger partial charge is 0.257 e. The molecule has 2 aliphatic carbocycles. The molecule has 5 atom stereocenters. The van der Waals surface area contributed by atoms with E-state index < -0.39 is 0 Å². The molecular formula is C30H28N2O3. The van der Waals surface area contributed by atoms with E-state index in [0.29, 0.717) is 17.2 Å². The lowest BCUT2D eigenvalue weighted by molar-refractivity contribution is -0.123. The van der Waals surface area contributed by atoms with E-state index in [4.69, 9.17) is 0 Å². The molecule has 1 saturated heterocycles. The van der Waals surface area contributed by atoms with Gasteiger partial charge in [0.25, 0.3) is 5.91 Å². The maximum Gasteiger partial charge on any atom is 0.257 e. The number of fused-ring (bicyclic) bond motifs is 5. The van der Waals surface area contributed by atoms with Crippen molar-refractivity contribution >= 4 is 29.1 Å². The number of imide groups is 1. The van der Waals surface area contributed by atoms with Gasteiger partial charge < -0.3 is 5.32 Å². The Morgan fingerprint density at radius 1 is 0.829 bits per heavy atom. The zero-order valence-corrected chi connectivity index (χ0v) is 19.9. The highest BCUT2D eigenvalue weighted by Crippen LogP contribution is 2.62. The molecule has 5 nitrogen and oxygen atoms in total. The number of nitrogens with one attached hydrogen (secondary N) is 1. The number of hydrogen-bond donors (Lipinski definition) is 1. The highest BCUT2D eigenvalue weighted by atomic mass is 16.2. The van der Waals surface area contributed by atoms with Crippen molar-refractivity contribution in [3.63, 3.8) is 0 Å². The summed E-state index contributed by atoms with van der Waals surface area (Å²) in [5.41, 5.74) is 4.77. The van der Waals surface area contributed by atoms with Gasteiger partial charge in [-0.25, -0.2) is 4.90 Å². The van der Waals surface area contributed by atoms with Crippen molar-refractivity contribution in [3.8, 4) is 0 Å². The molecule has 3 aromatic carbocycles. The molecule has 35 heavy (non-hydrogen) atoms. The molecule has 176 valence electrons. The first-order valence-corrected chi connectivity index (χ1v) is 12.3. The standard InChI is InChI=1S/C30H28N2O3/c1-17-9-8-13-24(18(17)2)31-28(33)21-12-6-7-14-25(21)32-29(34)26-20-15-22(19-10-4-3-5-11-19)23(16-20)27(26)30(32)35/h3-14,20,22-23,26-27H,15-16H2,1-2H3,(H,31,33)/t20-,22+,23+,26+,27-/m0/s1. The van der Waals surface area contributed by atoms with Crippen LogP contribution in [0.2, 0.25) is 0 Å². The second kappa shape index (κ2) is 8.19. The van der Waals surface area contributed by atoms with Crippen LogP contribution in [0.5, 0.6) is 0 Å². The lowest BCUT2D eigenvalue weighted by Gasteiger charge is -2.28. The molecule has 0 unspecified atom stereocenters. The molecule has 3 aliphatic rings. The Morgan fingerprint density at radius 3 is 2.34 bits per heavy atom. The molecule has 6 rings (SSSR count). The van der Waals surface area contributed by atoms with Gasteiger partial charge in [0.05, 0.1) is 23.1 Å². The van der Waals surface area contributed by atoms with Gasteiger partial charge in [-0.15, -0.1) is 0 Å². The zero-order chi connectivity index (χ0) is 24.3. The fourth-order valence-electron chi connectivity index (χ4n) is 6.72. The summed E-state index contributed by atoms with van der Waals surface area (Å²) in [6.45, 7) is 3.96. The minimum absolute atomic E-state index is 0.147. The number of rotatable bonds is 4. The monoisotopic (exact) mass is 464 g/mol. The van der Waals surface area contributed by atoms with Crippen molar-refractivity contribution in [2.24, 2.45) is 23.7 Å². The summed E-state index contributed by atoms with van der Waals surface area (Å²) >= 11 is 0. The molecule has 0 spiro atoms. The predicted octanol–water partition coefficient (Wildman–Crippen LogP) is 5.48. The van der Waals surface area contributed by atoms with Gasteiger partial charge >= 0.3 is 0 Å². The predicted molar refractivity (Wildman–Crippen MR) is 135 cm³/mol. The average molecular weight is 465 g/mol. The first-order chi connectivity index (χ1) is 17.0. The van der Waals surface area contributed by atoms with Gasteiger partial charge in [0.2, 0.25) is 11.8 Å². The van der Waals surface area contributed by atoms with E-state index in [1.807, 2.05) is 50.2 Å². The molecule has 0 aromatic heterocycles. The quantitative estimate of drug-likeness (QED) is 0.520. The number of benzene rings is 3. The normalized spacial score (nSPS) is 26.8. The molecule has 3 fully saturated rings. The summed E-state index contributed by atoms with van der Waals surface area (Å²) in [5, 5.41) is 2.98. The van der Waals surface area contributed by atoms with Crippen LogP contribution in [0.15, 0.2) is 72.8 Å². The lowest BCUT2D eigenvalue weighted by Crippen LogP contribution is -2.34. The number of amides is 3. The van der Waals surface area contributed by atoms with E-state index in [1.54, 1.807) is 24.3 Å². The Morgan fingerprint density at radius 2 is 1.54 bits per heavy atom. The van der Waals surface area contributed by atoms with Crippen molar-refractivity contribution in [2.75, 3.05) is 10.2 Å². The summed E-state index contributed by atoms with van der Waals surface area (Å²) in [6.07, 6.45) is 1.87. The second-order valence-corrected chi connectivity index (χ2v) is 10.2. The van der Waals surface area contributed by atoms with Crippen molar-refractivity contribution < 1.29 is 14.4 Å². The second-order valence-electron chi connectivity index (χ2n) is 10.2. The first-order valence-electron chi connectivity index (χ1n) is 12.3. The molecule has 3 aromatic rings. The number of nitrogens with zero attached hydrogens (tertiary/aromatic N) is 1. The molecule has 3 amide bonds. The van der Waals surface area contributed by atoms with Gasteiger partial charge in [-0.2, -0.15) is 0 Å². The van der Waals surface area contributed by atoms with Crippen LogP contribution in [-0.4, -0.2) is 17.7 Å². The minimum atomic E-state index is -0.322. The van der Waals surface area contributed by atoms with Gasteiger partial charge in [0.1, 0.15) is 0 Å². The maximum absolute atomic E-state index is 13.8. The molecule has 2 bridgehead atoms. The largest absolute Gasteiger partial charge is 0.322 e. The topological polar surface area (TPSA) is 66.5 Å². The molecular weight excluding hydrogens is 436 g/mol. The first kappa shape index (κ1) is 21.8. The van der Waals surface area contributed by atoms with Crippen LogP contribution in [-0.2, 0) is 9.59 Å². The lowest BCUT2D eigenvalue weighted by atomic mass is 9.73. The Balaban J connectivity index is 1.31. The number of para-hydroxylation sites is 1. The number of carbonyl (C=O) groups excluding carboxylic acids is 3. The molecule has 0 radical (unpaired) electrons. The molecule has 5 heteroatoms. The van der Waals surface area contributed by atoms with Crippen molar-refractivity contribution in [2.45, 2.75) is 32.6 Å². The number of carbonyl (C=O) groups is 3. The fraction of sp³-hybridized carbons (Fsp3) is 0.300. The number of anilines is 2. The summed E-state index contributed by atoms with van der Waals surface area (Å²) in [4.78, 5) is 42.0. The third-order valence-electron chi connectivity index (χ3n) is 8.49. The van der Waals surface area contributed by atoms with E-state index in [2.05, 4.69) is 17.4 Å². The van der Waals surface area contributed by atoms with Gasteiger partial charge in [-0.3, -0.25) is 14.4 Å². The van der Waals surface area contributed by atoms with E-state index >= 15 is 0 Å². The molecule has 1 aliphatic heterocycles. The van der Waals surface area contributed by atoms with E-state index in [0.717, 1.165) is 29.7 Å². The van der Waals surface area contributed by atoms with Crippen molar-refractivity contribution in [1.82, 2.24) is 0 Å². The van der Waals surface area contributed by atoms with Crippen LogP contribution in [0.25, 0.3) is 0 Å². The molecule has 2 saturated carbocycles. The van der Waals surface area contributed by atoms with Crippen LogP contribution >= 0.6 is 0 Å². The number of aryl methyl sites for hydroxylation is 1. The maximum atomic E-state index is 13.8. The Bertz CT molecular complexity index is 1350. The summed E-state index contributed by atoms with van der Waals surface area (Å²) in [6, 6.07) is 23.0. The summed E-state index contributed by atoms with van der Waals surface area (Å²) in [7, 11) is 0. The van der Waals surface area contributed by atoms with Crippen molar-refractivity contribution in [1.29, 1.82) is 0 Å². The van der Waals surface area contributed by atoms with E-state index in [9.17, 15) is 14.4 Å². The number of hydrogen-bond acceptors (Lipinski definition) is 3. The highest BCUT2D eigenvalue weighted by molar-refractivity contribution is 6.25. The average Bonchev–Trinajstić information content (AvgIpc) is 3.54. The van der Waals surface area contributed by atoms with Gasteiger partial charge in [-0.05, 0) is 79.3 Å².